The third kappa shape index (κ3) is 6.80. The normalized spacial score (nSPS) is 12.5. The summed E-state index contributed by atoms with van der Waals surface area (Å²) in [6.45, 7) is 0. The predicted molar refractivity (Wildman–Crippen MR) is 287 cm³/mol. The van der Waals surface area contributed by atoms with Gasteiger partial charge in [-0.15, -0.1) is 0 Å². The summed E-state index contributed by atoms with van der Waals surface area (Å²) in [6, 6.07) is 97.0. The minimum atomic E-state index is -0.494. The molecule has 0 bridgehead atoms. The number of hydrogen-bond acceptors (Lipinski definition) is 2. The van der Waals surface area contributed by atoms with Gasteiger partial charge in [-0.2, -0.15) is 0 Å². The summed E-state index contributed by atoms with van der Waals surface area (Å²) < 4.78 is 0. The Bertz CT molecular complexity index is 3840. The number of fused-ring (bicyclic) bond motifs is 5. The van der Waals surface area contributed by atoms with Gasteiger partial charge >= 0.3 is 0 Å². The summed E-state index contributed by atoms with van der Waals surface area (Å²) in [6.07, 6.45) is 0. The summed E-state index contributed by atoms with van der Waals surface area (Å²) >= 11 is 0. The lowest BCUT2D eigenvalue weighted by atomic mass is 9.67. The molecular formula is C67H44N2. The van der Waals surface area contributed by atoms with Crippen molar-refractivity contribution >= 4 is 21.5 Å². The Morgan fingerprint density at radius 2 is 0.783 bits per heavy atom. The number of hydrogen-bond donors (Lipinski definition) is 0. The molecule has 0 radical (unpaired) electrons. The van der Waals surface area contributed by atoms with E-state index in [9.17, 15) is 0 Å². The number of aromatic nitrogens is 2. The highest BCUT2D eigenvalue weighted by molar-refractivity contribution is 6.06. The van der Waals surface area contributed by atoms with Crippen LogP contribution in [0.4, 0.5) is 0 Å². The third-order valence-corrected chi connectivity index (χ3v) is 14.1. The van der Waals surface area contributed by atoms with E-state index in [1.165, 1.54) is 66.4 Å². The molecule has 69 heavy (non-hydrogen) atoms. The predicted octanol–water partition coefficient (Wildman–Crippen LogP) is 17.1. The lowest BCUT2D eigenvalue weighted by Crippen LogP contribution is -2.28. The van der Waals surface area contributed by atoms with Crippen molar-refractivity contribution in [2.24, 2.45) is 0 Å². The largest absolute Gasteiger partial charge is 0.228 e. The van der Waals surface area contributed by atoms with Crippen molar-refractivity contribution in [2.45, 2.75) is 5.41 Å². The van der Waals surface area contributed by atoms with E-state index in [1.54, 1.807) is 0 Å². The molecule has 0 spiro atoms. The van der Waals surface area contributed by atoms with E-state index in [1.807, 2.05) is 6.07 Å². The van der Waals surface area contributed by atoms with E-state index >= 15 is 0 Å². The van der Waals surface area contributed by atoms with Gasteiger partial charge in [-0.1, -0.05) is 237 Å². The zero-order chi connectivity index (χ0) is 45.7. The summed E-state index contributed by atoms with van der Waals surface area (Å²) in [4.78, 5) is 10.5. The van der Waals surface area contributed by atoms with Crippen LogP contribution in [-0.4, -0.2) is 9.97 Å². The monoisotopic (exact) mass is 876 g/mol. The molecule has 0 amide bonds. The van der Waals surface area contributed by atoms with Gasteiger partial charge in [-0.25, -0.2) is 9.97 Å². The molecule has 13 rings (SSSR count). The standard InChI is InChI=1S/C67H44N2/c1-5-20-45(21-6-1)50-41-51(43-52(42-50)56-33-19-35-62-65(56)60-32-17-18-34-61(60)67(62,53-26-9-3-10-27-53)54-28-11-4-12-29-54)55-38-39-59(58-31-16-15-30-57(55)58)64-44-63(68-66(69-64)47-23-7-2-8-24-47)49-37-36-46-22-13-14-25-48(46)40-49/h1-44H. The molecule has 0 unspecified atom stereocenters. The fourth-order valence-electron chi connectivity index (χ4n) is 11.0. The van der Waals surface area contributed by atoms with E-state index in [2.05, 4.69) is 261 Å². The molecule has 0 fully saturated rings. The van der Waals surface area contributed by atoms with Crippen molar-refractivity contribution in [1.82, 2.24) is 9.97 Å². The van der Waals surface area contributed by atoms with Crippen LogP contribution < -0.4 is 0 Å². The Labute approximate surface area is 402 Å². The molecule has 2 heteroatoms. The maximum atomic E-state index is 5.32. The first-order valence-electron chi connectivity index (χ1n) is 23.7. The lowest BCUT2D eigenvalue weighted by molar-refractivity contribution is 0.768. The van der Waals surface area contributed by atoms with E-state index in [0.717, 1.165) is 50.0 Å². The van der Waals surface area contributed by atoms with Crippen molar-refractivity contribution in [2.75, 3.05) is 0 Å². The zero-order valence-corrected chi connectivity index (χ0v) is 37.8. The van der Waals surface area contributed by atoms with Crippen molar-refractivity contribution in [1.29, 1.82) is 0 Å². The Balaban J connectivity index is 1.02. The molecule has 0 aliphatic heterocycles. The van der Waals surface area contributed by atoms with Crippen LogP contribution in [0.15, 0.2) is 267 Å². The van der Waals surface area contributed by atoms with Gasteiger partial charge in [0.15, 0.2) is 5.82 Å². The second-order valence-corrected chi connectivity index (χ2v) is 18.0. The highest BCUT2D eigenvalue weighted by atomic mass is 14.9. The van der Waals surface area contributed by atoms with Gasteiger partial charge in [0.25, 0.3) is 0 Å². The van der Waals surface area contributed by atoms with E-state index < -0.39 is 5.41 Å². The second-order valence-electron chi connectivity index (χ2n) is 18.0. The molecular weight excluding hydrogens is 833 g/mol. The first kappa shape index (κ1) is 40.3. The molecule has 322 valence electrons. The van der Waals surface area contributed by atoms with Crippen molar-refractivity contribution < 1.29 is 0 Å². The smallest absolute Gasteiger partial charge is 0.160 e. The van der Waals surface area contributed by atoms with Crippen LogP contribution in [0.2, 0.25) is 0 Å². The molecule has 2 nitrogen and oxygen atoms in total. The molecule has 0 N–H and O–H groups in total. The topological polar surface area (TPSA) is 25.8 Å². The number of rotatable bonds is 8. The third-order valence-electron chi connectivity index (χ3n) is 14.1. The second kappa shape index (κ2) is 16.7. The van der Waals surface area contributed by atoms with Crippen LogP contribution in [-0.2, 0) is 5.41 Å². The molecule has 1 aliphatic carbocycles. The summed E-state index contributed by atoms with van der Waals surface area (Å²) in [7, 11) is 0. The van der Waals surface area contributed by atoms with E-state index in [-0.39, 0.29) is 0 Å². The lowest BCUT2D eigenvalue weighted by Gasteiger charge is -2.34. The molecule has 11 aromatic carbocycles. The quantitative estimate of drug-likeness (QED) is 0.152. The molecule has 0 atom stereocenters. The molecule has 0 saturated heterocycles. The van der Waals surface area contributed by atoms with Gasteiger partial charge in [-0.3, -0.25) is 0 Å². The van der Waals surface area contributed by atoms with Gasteiger partial charge in [0.1, 0.15) is 0 Å². The Morgan fingerprint density at radius 1 is 0.261 bits per heavy atom. The SMILES string of the molecule is c1ccc(-c2cc(-c3cccc4c3-c3ccccc3C4(c3ccccc3)c3ccccc3)cc(-c3ccc(-c4cc(-c5ccc6ccccc6c5)nc(-c5ccccc5)n4)c4ccccc34)c2)cc1. The summed E-state index contributed by atoms with van der Waals surface area (Å²) in [5.41, 5.74) is 19.1. The van der Waals surface area contributed by atoms with Crippen LogP contribution >= 0.6 is 0 Å². The molecule has 1 aliphatic rings. The van der Waals surface area contributed by atoms with Gasteiger partial charge in [0.2, 0.25) is 0 Å². The van der Waals surface area contributed by atoms with E-state index in [0.29, 0.717) is 5.82 Å². The minimum absolute atomic E-state index is 0.494. The summed E-state index contributed by atoms with van der Waals surface area (Å²) in [5, 5.41) is 4.68. The van der Waals surface area contributed by atoms with Crippen molar-refractivity contribution in [3.05, 3.63) is 289 Å². The number of nitrogens with zero attached hydrogens (tertiary/aromatic N) is 2. The highest BCUT2D eigenvalue weighted by Crippen LogP contribution is 2.58. The van der Waals surface area contributed by atoms with Crippen LogP contribution in [0.3, 0.4) is 0 Å². The maximum Gasteiger partial charge on any atom is 0.160 e. The first-order chi connectivity index (χ1) is 34.2. The molecule has 12 aromatic rings. The average Bonchev–Trinajstić information content (AvgIpc) is 3.74. The molecule has 1 heterocycles. The fraction of sp³-hybridized carbons (Fsp3) is 0.0149. The molecule has 1 aromatic heterocycles. The first-order valence-corrected chi connectivity index (χ1v) is 23.7. The fourth-order valence-corrected chi connectivity index (χ4v) is 11.0. The van der Waals surface area contributed by atoms with E-state index in [4.69, 9.17) is 9.97 Å². The van der Waals surface area contributed by atoms with Crippen LogP contribution in [0.5, 0.6) is 0 Å². The Morgan fingerprint density at radius 3 is 1.51 bits per heavy atom. The minimum Gasteiger partial charge on any atom is -0.228 e. The zero-order valence-electron chi connectivity index (χ0n) is 37.8. The van der Waals surface area contributed by atoms with Crippen LogP contribution in [0.1, 0.15) is 22.3 Å². The van der Waals surface area contributed by atoms with Gasteiger partial charge < -0.3 is 0 Å². The van der Waals surface area contributed by atoms with Gasteiger partial charge in [0.05, 0.1) is 16.8 Å². The van der Waals surface area contributed by atoms with Crippen LogP contribution in [0.25, 0.3) is 100.0 Å². The van der Waals surface area contributed by atoms with Crippen molar-refractivity contribution in [3.8, 4) is 78.4 Å². The Hall–Kier alpha value is -8.98. The van der Waals surface area contributed by atoms with Gasteiger partial charge in [-0.05, 0) is 119 Å². The van der Waals surface area contributed by atoms with Crippen LogP contribution in [0, 0.1) is 0 Å². The highest BCUT2D eigenvalue weighted by Gasteiger charge is 2.46. The van der Waals surface area contributed by atoms with Crippen molar-refractivity contribution in [3.63, 3.8) is 0 Å². The Kier molecular flexibility index (Phi) is 9.77. The number of benzene rings is 11. The van der Waals surface area contributed by atoms with Gasteiger partial charge in [0, 0.05) is 16.7 Å². The maximum absolute atomic E-state index is 5.32. The molecule has 0 saturated carbocycles. The average molecular weight is 877 g/mol. The summed E-state index contributed by atoms with van der Waals surface area (Å²) in [5.74, 6) is 0.699.